The number of hydrogen-bond donors (Lipinski definition) is 1. The number of morpholine rings is 1. The molecule has 1 saturated carbocycles. The molecule has 1 amide bonds. The number of benzene rings is 1. The first kappa shape index (κ1) is 20.1. The van der Waals surface area contributed by atoms with Crippen LogP contribution in [0.15, 0.2) is 24.3 Å². The summed E-state index contributed by atoms with van der Waals surface area (Å²) in [6, 6.07) is 7.14. The van der Waals surface area contributed by atoms with Crippen molar-refractivity contribution in [1.82, 2.24) is 10.2 Å². The van der Waals surface area contributed by atoms with E-state index in [1.165, 1.54) is 18.9 Å². The number of nitrogens with zero attached hydrogens (tertiary/aromatic N) is 1. The van der Waals surface area contributed by atoms with Crippen molar-refractivity contribution >= 4 is 18.3 Å². The van der Waals surface area contributed by atoms with Gasteiger partial charge >= 0.3 is 0 Å². The first-order valence-corrected chi connectivity index (χ1v) is 9.07. The van der Waals surface area contributed by atoms with E-state index in [9.17, 15) is 9.18 Å². The summed E-state index contributed by atoms with van der Waals surface area (Å²) in [6.07, 6.45) is 5.75. The minimum atomic E-state index is -0.213. The van der Waals surface area contributed by atoms with Crippen LogP contribution in [-0.2, 0) is 16.0 Å². The van der Waals surface area contributed by atoms with Gasteiger partial charge in [-0.3, -0.25) is 4.79 Å². The van der Waals surface area contributed by atoms with Gasteiger partial charge in [-0.15, -0.1) is 12.4 Å². The lowest BCUT2D eigenvalue weighted by atomic mass is 10.1. The average Bonchev–Trinajstić information content (AvgIpc) is 3.10. The zero-order chi connectivity index (χ0) is 16.8. The smallest absolute Gasteiger partial charge is 0.224 e. The van der Waals surface area contributed by atoms with Crippen molar-refractivity contribution in [3.63, 3.8) is 0 Å². The molecule has 0 bridgehead atoms. The molecule has 0 aromatic heterocycles. The highest BCUT2D eigenvalue weighted by molar-refractivity contribution is 5.85. The van der Waals surface area contributed by atoms with Crippen molar-refractivity contribution in [3.05, 3.63) is 35.6 Å². The number of carbonyl (C=O) groups excluding carboxylic acids is 1. The molecule has 2 aliphatic rings. The zero-order valence-electron chi connectivity index (χ0n) is 14.6. The Hall–Kier alpha value is -1.17. The maximum Gasteiger partial charge on any atom is 0.224 e. The number of carbonyl (C=O) groups is 1. The van der Waals surface area contributed by atoms with E-state index >= 15 is 0 Å². The van der Waals surface area contributed by atoms with Crippen LogP contribution >= 0.6 is 12.4 Å². The molecule has 1 atom stereocenters. The fourth-order valence-electron chi connectivity index (χ4n) is 3.75. The highest BCUT2D eigenvalue weighted by Gasteiger charge is 2.28. The van der Waals surface area contributed by atoms with Crippen LogP contribution in [0.25, 0.3) is 0 Å². The number of amides is 1. The van der Waals surface area contributed by atoms with Crippen molar-refractivity contribution in [2.45, 2.75) is 50.6 Å². The molecular formula is C19H28ClFN2O2. The van der Waals surface area contributed by atoms with Crippen LogP contribution < -0.4 is 5.32 Å². The summed E-state index contributed by atoms with van der Waals surface area (Å²) in [5.41, 5.74) is 0.949. The molecule has 1 unspecified atom stereocenters. The van der Waals surface area contributed by atoms with Gasteiger partial charge in [-0.05, 0) is 37.0 Å². The first-order chi connectivity index (χ1) is 11.7. The quantitative estimate of drug-likeness (QED) is 0.837. The summed E-state index contributed by atoms with van der Waals surface area (Å²) < 4.78 is 18.8. The number of hydrogen-bond acceptors (Lipinski definition) is 3. The Morgan fingerprint density at radius 1 is 1.32 bits per heavy atom. The molecule has 1 heterocycles. The van der Waals surface area contributed by atoms with Gasteiger partial charge in [-0.25, -0.2) is 4.39 Å². The zero-order valence-corrected chi connectivity index (χ0v) is 15.4. The summed E-state index contributed by atoms with van der Waals surface area (Å²) in [5, 5.41) is 3.35. The van der Waals surface area contributed by atoms with Gasteiger partial charge in [0.2, 0.25) is 5.91 Å². The van der Waals surface area contributed by atoms with Crippen LogP contribution in [0.3, 0.4) is 0 Å². The third-order valence-electron chi connectivity index (χ3n) is 5.04. The molecule has 1 saturated heterocycles. The standard InChI is InChI=1S/C19H27FN2O2.ClH/c20-16-5-3-4-15(12-16)8-10-22(18-6-1-2-7-18)19(23)13-17-14-24-11-9-21-17;/h3-5,12,17-18,21H,1-2,6-11,13-14H2;1H. The fraction of sp³-hybridized carbons (Fsp3) is 0.632. The lowest BCUT2D eigenvalue weighted by Crippen LogP contribution is -2.47. The molecule has 1 aliphatic carbocycles. The Labute approximate surface area is 155 Å². The Morgan fingerprint density at radius 2 is 2.12 bits per heavy atom. The molecule has 140 valence electrons. The largest absolute Gasteiger partial charge is 0.378 e. The van der Waals surface area contributed by atoms with E-state index in [0.717, 1.165) is 31.6 Å². The number of rotatable bonds is 6. The van der Waals surface area contributed by atoms with Gasteiger partial charge in [0.15, 0.2) is 0 Å². The van der Waals surface area contributed by atoms with E-state index in [4.69, 9.17) is 4.74 Å². The molecule has 1 N–H and O–H groups in total. The normalized spacial score (nSPS) is 20.9. The van der Waals surface area contributed by atoms with Crippen molar-refractivity contribution in [2.75, 3.05) is 26.3 Å². The predicted octanol–water partition coefficient (Wildman–Crippen LogP) is 2.94. The van der Waals surface area contributed by atoms with E-state index in [-0.39, 0.29) is 30.2 Å². The van der Waals surface area contributed by atoms with Gasteiger partial charge in [0.25, 0.3) is 0 Å². The van der Waals surface area contributed by atoms with Gasteiger partial charge in [-0.1, -0.05) is 25.0 Å². The Morgan fingerprint density at radius 3 is 2.80 bits per heavy atom. The average molecular weight is 371 g/mol. The Kier molecular flexibility index (Phi) is 8.13. The fourth-order valence-corrected chi connectivity index (χ4v) is 3.75. The molecule has 0 spiro atoms. The molecule has 1 aromatic carbocycles. The molecule has 0 radical (unpaired) electrons. The number of ether oxygens (including phenoxy) is 1. The first-order valence-electron chi connectivity index (χ1n) is 9.07. The van der Waals surface area contributed by atoms with E-state index in [1.54, 1.807) is 12.1 Å². The number of halogens is 2. The van der Waals surface area contributed by atoms with Crippen molar-refractivity contribution in [1.29, 1.82) is 0 Å². The van der Waals surface area contributed by atoms with Crippen LogP contribution in [0.4, 0.5) is 4.39 Å². The minimum Gasteiger partial charge on any atom is -0.378 e. The van der Waals surface area contributed by atoms with E-state index in [1.807, 2.05) is 11.0 Å². The van der Waals surface area contributed by atoms with Crippen molar-refractivity contribution in [2.24, 2.45) is 0 Å². The maximum absolute atomic E-state index is 13.4. The highest BCUT2D eigenvalue weighted by Crippen LogP contribution is 2.25. The molecule has 25 heavy (non-hydrogen) atoms. The van der Waals surface area contributed by atoms with Gasteiger partial charge in [0.05, 0.1) is 13.2 Å². The van der Waals surface area contributed by atoms with E-state index in [0.29, 0.717) is 32.0 Å². The maximum atomic E-state index is 13.4. The van der Waals surface area contributed by atoms with E-state index < -0.39 is 0 Å². The monoisotopic (exact) mass is 370 g/mol. The van der Waals surface area contributed by atoms with Gasteiger partial charge in [-0.2, -0.15) is 0 Å². The Bertz CT molecular complexity index is 546. The van der Waals surface area contributed by atoms with Crippen LogP contribution in [0.1, 0.15) is 37.7 Å². The third kappa shape index (κ3) is 5.94. The highest BCUT2D eigenvalue weighted by atomic mass is 35.5. The SMILES string of the molecule is Cl.O=C(CC1COCCN1)N(CCc1cccc(F)c1)C1CCCC1. The second-order valence-corrected chi connectivity index (χ2v) is 6.84. The Balaban J connectivity index is 0.00000225. The molecule has 3 rings (SSSR count). The summed E-state index contributed by atoms with van der Waals surface area (Å²) in [5.74, 6) is -0.0175. The van der Waals surface area contributed by atoms with Crippen LogP contribution in [0.2, 0.25) is 0 Å². The predicted molar refractivity (Wildman–Crippen MR) is 98.5 cm³/mol. The van der Waals surface area contributed by atoms with Crippen molar-refractivity contribution < 1.29 is 13.9 Å². The van der Waals surface area contributed by atoms with E-state index in [2.05, 4.69) is 5.32 Å². The molecule has 2 fully saturated rings. The summed E-state index contributed by atoms with van der Waals surface area (Å²) in [7, 11) is 0. The molecular weight excluding hydrogens is 343 g/mol. The second kappa shape index (κ2) is 10.1. The third-order valence-corrected chi connectivity index (χ3v) is 5.04. The van der Waals surface area contributed by atoms with Crippen LogP contribution in [0.5, 0.6) is 0 Å². The summed E-state index contributed by atoms with van der Waals surface area (Å²) >= 11 is 0. The van der Waals surface area contributed by atoms with Crippen LogP contribution in [-0.4, -0.2) is 49.2 Å². The summed E-state index contributed by atoms with van der Waals surface area (Å²) in [6.45, 7) is 2.80. The topological polar surface area (TPSA) is 41.6 Å². The van der Waals surface area contributed by atoms with Crippen LogP contribution in [0, 0.1) is 5.82 Å². The minimum absolute atomic E-state index is 0. The van der Waals surface area contributed by atoms with Gasteiger partial charge in [0.1, 0.15) is 5.82 Å². The number of nitrogens with one attached hydrogen (secondary N) is 1. The molecule has 4 nitrogen and oxygen atoms in total. The van der Waals surface area contributed by atoms with Gasteiger partial charge in [0, 0.05) is 31.6 Å². The summed E-state index contributed by atoms with van der Waals surface area (Å²) in [4.78, 5) is 14.9. The lowest BCUT2D eigenvalue weighted by molar-refractivity contribution is -0.134. The second-order valence-electron chi connectivity index (χ2n) is 6.84. The van der Waals surface area contributed by atoms with Gasteiger partial charge < -0.3 is 15.0 Å². The molecule has 6 heteroatoms. The molecule has 1 aliphatic heterocycles. The lowest BCUT2D eigenvalue weighted by Gasteiger charge is -2.32. The van der Waals surface area contributed by atoms with Crippen molar-refractivity contribution in [3.8, 4) is 0 Å². The molecule has 1 aromatic rings.